The summed E-state index contributed by atoms with van der Waals surface area (Å²) in [6.45, 7) is 8.25. The molecule has 0 radical (unpaired) electrons. The highest BCUT2D eigenvalue weighted by Gasteiger charge is 2.51. The molecule has 0 bridgehead atoms. The van der Waals surface area contributed by atoms with E-state index in [1.54, 1.807) is 4.90 Å². The number of carbonyl (C=O) groups is 1. The number of fused-ring (bicyclic) bond motifs is 4. The number of H-pyrrole nitrogens is 1. The lowest BCUT2D eigenvalue weighted by Gasteiger charge is -2.38. The van der Waals surface area contributed by atoms with Gasteiger partial charge in [0.05, 0.1) is 6.04 Å². The predicted molar refractivity (Wildman–Crippen MR) is 145 cm³/mol. The number of halogens is 1. The van der Waals surface area contributed by atoms with Crippen molar-refractivity contribution in [2.24, 2.45) is 0 Å². The van der Waals surface area contributed by atoms with E-state index in [2.05, 4.69) is 51.0 Å². The van der Waals surface area contributed by atoms with Crippen LogP contribution in [0.4, 0.5) is 5.69 Å². The summed E-state index contributed by atoms with van der Waals surface area (Å²) in [5.41, 5.74) is 5.68. The molecule has 35 heavy (non-hydrogen) atoms. The number of anilines is 1. The molecule has 0 spiro atoms. The molecule has 3 aromatic rings. The number of piperazine rings is 1. The molecule has 0 aliphatic carbocycles. The van der Waals surface area contributed by atoms with E-state index < -0.39 is 0 Å². The number of amides is 1. The molecule has 3 aliphatic rings. The van der Waals surface area contributed by atoms with Gasteiger partial charge in [0.1, 0.15) is 6.04 Å². The minimum Gasteiger partial charge on any atom is -0.369 e. The van der Waals surface area contributed by atoms with Crippen molar-refractivity contribution in [3.8, 4) is 0 Å². The van der Waals surface area contributed by atoms with Gasteiger partial charge in [0.15, 0.2) is 5.11 Å². The van der Waals surface area contributed by atoms with Gasteiger partial charge < -0.3 is 19.7 Å². The minimum atomic E-state index is -0.308. The molecule has 2 saturated heterocycles. The van der Waals surface area contributed by atoms with E-state index in [0.29, 0.717) is 16.6 Å². The highest BCUT2D eigenvalue weighted by atomic mass is 35.5. The van der Waals surface area contributed by atoms with Gasteiger partial charge in [0, 0.05) is 65.9 Å². The van der Waals surface area contributed by atoms with Crippen molar-refractivity contribution >= 4 is 51.4 Å². The van der Waals surface area contributed by atoms with Crippen molar-refractivity contribution in [1.29, 1.82) is 0 Å². The quantitative estimate of drug-likeness (QED) is 0.531. The third-order valence-electron chi connectivity index (χ3n) is 7.73. The Morgan fingerprint density at radius 3 is 2.46 bits per heavy atom. The zero-order valence-corrected chi connectivity index (χ0v) is 21.9. The Bertz CT molecular complexity index is 1310. The number of aromatic amines is 1. The summed E-state index contributed by atoms with van der Waals surface area (Å²) in [5, 5.41) is 2.41. The molecule has 1 amide bonds. The number of thiocarbonyl (C=S) groups is 1. The Hall–Kier alpha value is -2.61. The van der Waals surface area contributed by atoms with Gasteiger partial charge in [-0.15, -0.1) is 0 Å². The number of rotatable bonds is 3. The van der Waals surface area contributed by atoms with E-state index in [-0.39, 0.29) is 24.0 Å². The Kier molecular flexibility index (Phi) is 5.55. The van der Waals surface area contributed by atoms with Crippen LogP contribution in [-0.4, -0.2) is 76.0 Å². The van der Waals surface area contributed by atoms with Crippen LogP contribution in [0.5, 0.6) is 0 Å². The van der Waals surface area contributed by atoms with Gasteiger partial charge in [0.25, 0.3) is 5.91 Å². The van der Waals surface area contributed by atoms with Gasteiger partial charge in [0.2, 0.25) is 0 Å². The monoisotopic (exact) mass is 507 g/mol. The molecule has 2 aromatic carbocycles. The zero-order chi connectivity index (χ0) is 24.4. The minimum absolute atomic E-state index is 0.0189. The summed E-state index contributed by atoms with van der Waals surface area (Å²) in [7, 11) is 2.17. The van der Waals surface area contributed by atoms with Crippen LogP contribution < -0.4 is 4.90 Å². The van der Waals surface area contributed by atoms with Crippen LogP contribution in [0.3, 0.4) is 0 Å². The number of benzene rings is 2. The third-order valence-corrected chi connectivity index (χ3v) is 8.37. The topological polar surface area (TPSA) is 45.8 Å². The second kappa shape index (κ2) is 8.50. The van der Waals surface area contributed by atoms with Crippen molar-refractivity contribution in [3.63, 3.8) is 0 Å². The second-order valence-electron chi connectivity index (χ2n) is 10.2. The molecule has 182 valence electrons. The summed E-state index contributed by atoms with van der Waals surface area (Å²) in [5.74, 6) is 0.0890. The van der Waals surface area contributed by atoms with E-state index in [9.17, 15) is 4.79 Å². The molecular weight excluding hydrogens is 478 g/mol. The molecule has 6 nitrogen and oxygen atoms in total. The number of nitrogens with one attached hydrogen (secondary N) is 1. The summed E-state index contributed by atoms with van der Waals surface area (Å²) >= 11 is 12.3. The Morgan fingerprint density at radius 2 is 1.77 bits per heavy atom. The first-order valence-electron chi connectivity index (χ1n) is 12.3. The normalized spacial score (nSPS) is 22.9. The molecular formula is C27H30ClN5OS. The maximum atomic E-state index is 13.5. The lowest BCUT2D eigenvalue weighted by atomic mass is 9.89. The molecule has 2 atom stereocenters. The summed E-state index contributed by atoms with van der Waals surface area (Å²) in [4.78, 5) is 25.9. The van der Waals surface area contributed by atoms with E-state index in [1.165, 1.54) is 11.3 Å². The van der Waals surface area contributed by atoms with Gasteiger partial charge in [-0.2, -0.15) is 0 Å². The van der Waals surface area contributed by atoms with E-state index in [4.69, 9.17) is 23.8 Å². The van der Waals surface area contributed by atoms with Gasteiger partial charge in [-0.05, 0) is 74.6 Å². The average Bonchev–Trinajstić information content (AvgIpc) is 3.32. The molecule has 2 unspecified atom stereocenters. The second-order valence-corrected chi connectivity index (χ2v) is 11.0. The van der Waals surface area contributed by atoms with Crippen LogP contribution >= 0.6 is 23.8 Å². The number of carbonyl (C=O) groups excluding carboxylic acids is 1. The van der Waals surface area contributed by atoms with Gasteiger partial charge >= 0.3 is 0 Å². The summed E-state index contributed by atoms with van der Waals surface area (Å²) in [6.07, 6.45) is 0.619. The van der Waals surface area contributed by atoms with Crippen LogP contribution in [0.1, 0.15) is 36.7 Å². The van der Waals surface area contributed by atoms with Crippen LogP contribution in [0.2, 0.25) is 5.02 Å². The van der Waals surface area contributed by atoms with Crippen molar-refractivity contribution in [3.05, 3.63) is 64.3 Å². The maximum Gasteiger partial charge on any atom is 0.252 e. The molecule has 3 aliphatic heterocycles. The van der Waals surface area contributed by atoms with Crippen molar-refractivity contribution in [2.45, 2.75) is 38.4 Å². The van der Waals surface area contributed by atoms with Crippen LogP contribution in [0.15, 0.2) is 42.5 Å². The fourth-order valence-corrected chi connectivity index (χ4v) is 6.57. The smallest absolute Gasteiger partial charge is 0.252 e. The molecule has 2 fully saturated rings. The number of hydrogen-bond donors (Lipinski definition) is 1. The first-order valence-corrected chi connectivity index (χ1v) is 13.1. The number of hydrogen-bond acceptors (Lipinski definition) is 4. The fraction of sp³-hybridized carbons (Fsp3) is 0.407. The largest absolute Gasteiger partial charge is 0.369 e. The van der Waals surface area contributed by atoms with Crippen LogP contribution in [0.25, 0.3) is 10.9 Å². The number of likely N-dealkylation sites (N-methyl/N-ethyl adjacent to an activating group) is 1. The Morgan fingerprint density at radius 1 is 1.06 bits per heavy atom. The molecule has 1 N–H and O–H groups in total. The van der Waals surface area contributed by atoms with Crippen LogP contribution in [-0.2, 0) is 11.2 Å². The predicted octanol–water partition coefficient (Wildman–Crippen LogP) is 4.42. The zero-order valence-electron chi connectivity index (χ0n) is 20.3. The van der Waals surface area contributed by atoms with E-state index in [0.717, 1.165) is 48.3 Å². The first-order chi connectivity index (χ1) is 16.8. The van der Waals surface area contributed by atoms with E-state index in [1.807, 2.05) is 32.0 Å². The van der Waals surface area contributed by atoms with Crippen LogP contribution in [0, 0.1) is 0 Å². The van der Waals surface area contributed by atoms with Gasteiger partial charge in [-0.25, -0.2) is 0 Å². The number of aromatic nitrogens is 1. The third kappa shape index (κ3) is 3.63. The van der Waals surface area contributed by atoms with E-state index >= 15 is 0 Å². The lowest BCUT2D eigenvalue weighted by molar-refractivity contribution is -0.129. The standard InChI is InChI=1S/C27H30ClN5OS/c1-16(2)32-26(34)23-15-21-20-14-18(28)6-9-22(20)29-24(21)25(33(23)27(32)35)17-4-7-19(8-5-17)31-12-10-30(3)11-13-31/h4-9,14,16,23,25,29H,10-13,15H2,1-3H3. The average molecular weight is 508 g/mol. The highest BCUT2D eigenvalue weighted by molar-refractivity contribution is 7.80. The number of nitrogens with zero attached hydrogens (tertiary/aromatic N) is 4. The molecule has 6 rings (SSSR count). The molecule has 8 heteroatoms. The van der Waals surface area contributed by atoms with Crippen molar-refractivity contribution < 1.29 is 4.79 Å². The maximum absolute atomic E-state index is 13.5. The summed E-state index contributed by atoms with van der Waals surface area (Å²) < 4.78 is 0. The molecule has 4 heterocycles. The molecule has 1 aromatic heterocycles. The SMILES string of the molecule is CC(C)N1C(=O)C2Cc3c([nH]c4ccc(Cl)cc34)C(c3ccc(N4CCN(C)CC4)cc3)N2C1=S. The molecule has 0 saturated carbocycles. The Balaban J connectivity index is 1.45. The highest BCUT2D eigenvalue weighted by Crippen LogP contribution is 2.45. The lowest BCUT2D eigenvalue weighted by Crippen LogP contribution is -2.44. The summed E-state index contributed by atoms with van der Waals surface area (Å²) in [6, 6.07) is 14.3. The van der Waals surface area contributed by atoms with Crippen molar-refractivity contribution in [2.75, 3.05) is 38.1 Å². The fourth-order valence-electron chi connectivity index (χ4n) is 5.87. The Labute approximate surface area is 216 Å². The first kappa shape index (κ1) is 22.8. The van der Waals surface area contributed by atoms with Crippen molar-refractivity contribution in [1.82, 2.24) is 19.7 Å². The van der Waals surface area contributed by atoms with Gasteiger partial charge in [-0.1, -0.05) is 23.7 Å². The van der Waals surface area contributed by atoms with Gasteiger partial charge in [-0.3, -0.25) is 9.69 Å².